The molecule has 41 valence electrons. The quantitative estimate of drug-likeness (QED) is 0.483. The largest absolute Gasteiger partial charge is 0.464 e. The van der Waals surface area contributed by atoms with E-state index in [1.165, 1.54) is 0 Å². The second-order valence-electron chi connectivity index (χ2n) is 0.861. The fourth-order valence-electron chi connectivity index (χ4n) is 0.174. The number of carbonyl (C=O) groups is 1. The van der Waals surface area contributed by atoms with Crippen molar-refractivity contribution in [3.05, 3.63) is 6.67 Å². The molecule has 0 heterocycles. The van der Waals surface area contributed by atoms with Crippen LogP contribution in [0.2, 0.25) is 0 Å². The number of hydrogen-bond acceptors (Lipinski definition) is 2. The number of hydrogen-bond donors (Lipinski definition) is 0. The van der Waals surface area contributed by atoms with Crippen molar-refractivity contribution in [3.63, 3.8) is 0 Å². The summed E-state index contributed by atoms with van der Waals surface area (Å²) in [5.74, 6) is -0.914. The zero-order valence-corrected chi connectivity index (χ0v) is 3.98. The van der Waals surface area contributed by atoms with Crippen LogP contribution >= 0.6 is 0 Å². The molecule has 0 unspecified atom stereocenters. The van der Waals surface area contributed by atoms with Gasteiger partial charge in [0.25, 0.3) is 0 Å². The van der Waals surface area contributed by atoms with Crippen LogP contribution in [0.15, 0.2) is 0 Å². The number of halogens is 1. The van der Waals surface area contributed by atoms with Gasteiger partial charge >= 0.3 is 5.97 Å². The minimum Gasteiger partial charge on any atom is -0.464 e. The van der Waals surface area contributed by atoms with Crippen molar-refractivity contribution in [2.24, 2.45) is 0 Å². The summed E-state index contributed by atoms with van der Waals surface area (Å²) in [4.78, 5) is 9.76. The Kier molecular flexibility index (Phi) is 3.28. The summed E-state index contributed by atoms with van der Waals surface area (Å²) in [6.07, 6.45) is 0. The average molecular weight is 105 g/mol. The summed E-state index contributed by atoms with van der Waals surface area (Å²) in [7, 11) is 0. The van der Waals surface area contributed by atoms with E-state index in [2.05, 4.69) is 4.74 Å². The van der Waals surface area contributed by atoms with Crippen LogP contribution in [-0.2, 0) is 9.53 Å². The predicted molar refractivity (Wildman–Crippen MR) is 22.0 cm³/mol. The maximum atomic E-state index is 11.0. The summed E-state index contributed by atoms with van der Waals surface area (Å²) in [5, 5.41) is 0. The maximum absolute atomic E-state index is 11.0. The molecule has 0 amide bonds. The van der Waals surface area contributed by atoms with Crippen LogP contribution in [0.25, 0.3) is 0 Å². The van der Waals surface area contributed by atoms with Gasteiger partial charge in [-0.15, -0.1) is 0 Å². The van der Waals surface area contributed by atoms with Gasteiger partial charge in [-0.05, 0) is 6.92 Å². The lowest BCUT2D eigenvalue weighted by Gasteiger charge is -1.91. The Bertz CT molecular complexity index is 62.7. The monoisotopic (exact) mass is 105 g/mol. The zero-order valence-electron chi connectivity index (χ0n) is 3.98. The highest BCUT2D eigenvalue weighted by molar-refractivity contribution is 5.76. The Labute approximate surface area is 41.3 Å². The lowest BCUT2D eigenvalue weighted by atomic mass is 10.7. The van der Waals surface area contributed by atoms with Gasteiger partial charge < -0.3 is 4.74 Å². The Balaban J connectivity index is 3.00. The highest BCUT2D eigenvalue weighted by atomic mass is 19.1. The molecule has 0 spiro atoms. The SMILES string of the molecule is CCOC(=O)[CH]F. The molecule has 0 aliphatic rings. The molecule has 0 N–H and O–H groups in total. The van der Waals surface area contributed by atoms with E-state index in [0.29, 0.717) is 0 Å². The van der Waals surface area contributed by atoms with Crippen molar-refractivity contribution in [1.82, 2.24) is 0 Å². The van der Waals surface area contributed by atoms with E-state index in [4.69, 9.17) is 0 Å². The van der Waals surface area contributed by atoms with Crippen molar-refractivity contribution in [3.8, 4) is 0 Å². The van der Waals surface area contributed by atoms with Gasteiger partial charge in [0.2, 0.25) is 6.67 Å². The van der Waals surface area contributed by atoms with Gasteiger partial charge in [-0.1, -0.05) is 0 Å². The van der Waals surface area contributed by atoms with Crippen LogP contribution in [0, 0.1) is 6.67 Å². The molecule has 0 aromatic carbocycles. The molecule has 7 heavy (non-hydrogen) atoms. The van der Waals surface area contributed by atoms with E-state index >= 15 is 0 Å². The molecule has 0 rings (SSSR count). The fourth-order valence-corrected chi connectivity index (χ4v) is 0.174. The lowest BCUT2D eigenvalue weighted by molar-refractivity contribution is -0.140. The highest BCUT2D eigenvalue weighted by Gasteiger charge is 1.96. The third-order valence-corrected chi connectivity index (χ3v) is 0.376. The second-order valence-corrected chi connectivity index (χ2v) is 0.861. The standard InChI is InChI=1S/C4H6FO2/c1-2-7-4(6)3-5/h3H,2H2,1H3. The minimum atomic E-state index is -0.914. The van der Waals surface area contributed by atoms with Crippen molar-refractivity contribution in [2.45, 2.75) is 6.92 Å². The van der Waals surface area contributed by atoms with E-state index < -0.39 is 5.97 Å². The molecule has 0 saturated carbocycles. The molecule has 3 heteroatoms. The Morgan fingerprint density at radius 3 is 2.71 bits per heavy atom. The van der Waals surface area contributed by atoms with Gasteiger partial charge in [0.05, 0.1) is 6.61 Å². The van der Waals surface area contributed by atoms with Crippen LogP contribution in [-0.4, -0.2) is 12.6 Å². The minimum absolute atomic E-state index is 0.108. The molecule has 0 fully saturated rings. The van der Waals surface area contributed by atoms with Gasteiger partial charge in [-0.3, -0.25) is 0 Å². The predicted octanol–water partition coefficient (Wildman–Crippen LogP) is 0.681. The molecule has 0 aliphatic heterocycles. The van der Waals surface area contributed by atoms with Gasteiger partial charge in [-0.25, -0.2) is 9.18 Å². The number of esters is 1. The van der Waals surface area contributed by atoms with E-state index in [0.717, 1.165) is 0 Å². The van der Waals surface area contributed by atoms with Crippen molar-refractivity contribution >= 4 is 5.97 Å². The molecular formula is C4H6FO2. The molecule has 0 bridgehead atoms. The van der Waals surface area contributed by atoms with Gasteiger partial charge in [0.1, 0.15) is 0 Å². The summed E-state index contributed by atoms with van der Waals surface area (Å²) < 4.78 is 15.1. The van der Waals surface area contributed by atoms with Crippen LogP contribution in [0.5, 0.6) is 0 Å². The number of carbonyl (C=O) groups excluding carboxylic acids is 1. The lowest BCUT2D eigenvalue weighted by Crippen LogP contribution is -2.00. The van der Waals surface area contributed by atoms with Crippen LogP contribution in [0.4, 0.5) is 4.39 Å². The second kappa shape index (κ2) is 3.59. The van der Waals surface area contributed by atoms with Gasteiger partial charge in [0.15, 0.2) is 0 Å². The van der Waals surface area contributed by atoms with E-state index in [1.54, 1.807) is 6.92 Å². The molecule has 2 nitrogen and oxygen atoms in total. The molecule has 0 aromatic heterocycles. The summed E-state index contributed by atoms with van der Waals surface area (Å²) in [6, 6.07) is 0. The first-order chi connectivity index (χ1) is 3.31. The zero-order chi connectivity index (χ0) is 5.70. The van der Waals surface area contributed by atoms with E-state index in [9.17, 15) is 9.18 Å². The topological polar surface area (TPSA) is 26.3 Å². The molecule has 0 atom stereocenters. The molecule has 0 aliphatic carbocycles. The Morgan fingerprint density at radius 2 is 2.57 bits per heavy atom. The summed E-state index contributed by atoms with van der Waals surface area (Å²) >= 11 is 0. The average Bonchev–Trinajstić information content (AvgIpc) is 1.68. The maximum Gasteiger partial charge on any atom is 0.344 e. The number of rotatable bonds is 2. The normalized spacial score (nSPS) is 8.29. The van der Waals surface area contributed by atoms with Crippen molar-refractivity contribution in [1.29, 1.82) is 0 Å². The first-order valence-electron chi connectivity index (χ1n) is 1.91. The Hall–Kier alpha value is -0.600. The molecule has 1 radical (unpaired) electrons. The molecular weight excluding hydrogens is 99.0 g/mol. The van der Waals surface area contributed by atoms with Crippen LogP contribution in [0.3, 0.4) is 0 Å². The fraction of sp³-hybridized carbons (Fsp3) is 0.500. The Morgan fingerprint density at radius 1 is 2.00 bits per heavy atom. The molecule has 0 aromatic rings. The van der Waals surface area contributed by atoms with E-state index in [-0.39, 0.29) is 13.3 Å². The third-order valence-electron chi connectivity index (χ3n) is 0.376. The van der Waals surface area contributed by atoms with Crippen molar-refractivity contribution < 1.29 is 13.9 Å². The third kappa shape index (κ3) is 3.22. The van der Waals surface area contributed by atoms with E-state index in [1.807, 2.05) is 0 Å². The smallest absolute Gasteiger partial charge is 0.344 e. The van der Waals surface area contributed by atoms with Crippen molar-refractivity contribution in [2.75, 3.05) is 6.61 Å². The van der Waals surface area contributed by atoms with Crippen LogP contribution < -0.4 is 0 Å². The first kappa shape index (κ1) is 6.40. The van der Waals surface area contributed by atoms with Gasteiger partial charge in [-0.2, -0.15) is 0 Å². The van der Waals surface area contributed by atoms with Gasteiger partial charge in [0, 0.05) is 0 Å². The summed E-state index contributed by atoms with van der Waals surface area (Å²) in [5.41, 5.74) is 0. The highest BCUT2D eigenvalue weighted by Crippen LogP contribution is 1.82. The first-order valence-corrected chi connectivity index (χ1v) is 1.91. The summed E-state index contributed by atoms with van der Waals surface area (Å²) in [6.45, 7) is 1.73. The van der Waals surface area contributed by atoms with Crippen LogP contribution in [0.1, 0.15) is 6.92 Å². The molecule has 0 saturated heterocycles. The number of ether oxygens (including phenoxy) is 1.